The van der Waals surface area contributed by atoms with Crippen molar-refractivity contribution in [1.29, 1.82) is 5.26 Å². The molecule has 2 unspecified atom stereocenters. The molecule has 1 aliphatic heterocycles. The topological polar surface area (TPSA) is 79.6 Å². The number of benzene rings is 2. The molecule has 2 amide bonds. The molecule has 5 rings (SSSR count). The first-order chi connectivity index (χ1) is 16.5. The van der Waals surface area contributed by atoms with Crippen LogP contribution in [0.25, 0.3) is 0 Å². The van der Waals surface area contributed by atoms with Crippen LogP contribution in [-0.4, -0.2) is 59.3 Å². The number of hydrogen-bond acceptors (Lipinski definition) is 4. The number of likely N-dealkylation sites (tertiary alicyclic amines) is 1. The molecule has 2 aromatic carbocycles. The normalized spacial score (nSPS) is 28.1. The van der Waals surface area contributed by atoms with Gasteiger partial charge in [-0.05, 0) is 85.8 Å². The van der Waals surface area contributed by atoms with E-state index < -0.39 is 0 Å². The van der Waals surface area contributed by atoms with Crippen molar-refractivity contribution in [1.82, 2.24) is 9.80 Å². The summed E-state index contributed by atoms with van der Waals surface area (Å²) in [5, 5.41) is 22.4. The Morgan fingerprint density at radius 3 is 2.85 bits per heavy atom. The fraction of sp³-hybridized carbons (Fsp3) is 0.500. The van der Waals surface area contributed by atoms with Crippen molar-refractivity contribution in [3.05, 3.63) is 65.2 Å². The Kier molecular flexibility index (Phi) is 6.33. The molecule has 0 spiro atoms. The zero-order chi connectivity index (χ0) is 23.7. The van der Waals surface area contributed by atoms with Gasteiger partial charge in [0, 0.05) is 37.9 Å². The van der Waals surface area contributed by atoms with E-state index in [0.29, 0.717) is 19.0 Å². The van der Waals surface area contributed by atoms with Gasteiger partial charge in [0.25, 0.3) is 0 Å². The van der Waals surface area contributed by atoms with Gasteiger partial charge in [-0.15, -0.1) is 0 Å². The van der Waals surface area contributed by atoms with Gasteiger partial charge in [0.1, 0.15) is 0 Å². The number of carbonyl (C=O) groups excluding carboxylic acids is 1. The van der Waals surface area contributed by atoms with Crippen LogP contribution in [0.3, 0.4) is 0 Å². The van der Waals surface area contributed by atoms with Crippen LogP contribution in [0.5, 0.6) is 0 Å². The third-order valence-corrected chi connectivity index (χ3v) is 8.15. The maximum atomic E-state index is 13.5. The molecule has 0 aromatic heterocycles. The lowest BCUT2D eigenvalue weighted by Gasteiger charge is -2.37. The third kappa shape index (κ3) is 4.68. The molecule has 1 saturated heterocycles. The summed E-state index contributed by atoms with van der Waals surface area (Å²) < 4.78 is 0. The summed E-state index contributed by atoms with van der Waals surface area (Å²) >= 11 is 0. The predicted molar refractivity (Wildman–Crippen MR) is 133 cm³/mol. The molecule has 6 nitrogen and oxygen atoms in total. The number of rotatable bonds is 6. The second-order valence-corrected chi connectivity index (χ2v) is 10.4. The molecule has 178 valence electrons. The van der Waals surface area contributed by atoms with E-state index in [1.165, 1.54) is 5.56 Å². The maximum absolute atomic E-state index is 13.5. The average molecular weight is 459 g/mol. The molecule has 6 heteroatoms. The van der Waals surface area contributed by atoms with E-state index in [9.17, 15) is 15.2 Å². The van der Waals surface area contributed by atoms with Crippen LogP contribution in [0.2, 0.25) is 0 Å². The van der Waals surface area contributed by atoms with Crippen LogP contribution in [0, 0.1) is 24.2 Å². The van der Waals surface area contributed by atoms with E-state index in [-0.39, 0.29) is 23.6 Å². The van der Waals surface area contributed by atoms with Gasteiger partial charge < -0.3 is 15.3 Å². The van der Waals surface area contributed by atoms with E-state index in [1.54, 1.807) is 0 Å². The zero-order valence-corrected chi connectivity index (χ0v) is 19.9. The number of carbonyl (C=O) groups is 1. The molecule has 3 aliphatic rings. The highest BCUT2D eigenvalue weighted by Crippen LogP contribution is 2.62. The predicted octanol–water partition coefficient (Wildman–Crippen LogP) is 4.28. The molecule has 0 radical (unpaired) electrons. The number of hydrogen-bond donors (Lipinski definition) is 2. The van der Waals surface area contributed by atoms with Crippen molar-refractivity contribution in [3.63, 3.8) is 0 Å². The minimum atomic E-state index is -0.250. The van der Waals surface area contributed by atoms with Gasteiger partial charge in [-0.2, -0.15) is 5.26 Å². The van der Waals surface area contributed by atoms with Crippen LogP contribution in [0.1, 0.15) is 48.8 Å². The second kappa shape index (κ2) is 9.40. The van der Waals surface area contributed by atoms with E-state index >= 15 is 0 Å². The lowest BCUT2D eigenvalue weighted by molar-refractivity contribution is 0.142. The Balaban J connectivity index is 1.29. The van der Waals surface area contributed by atoms with Gasteiger partial charge in [-0.3, -0.25) is 4.90 Å². The van der Waals surface area contributed by atoms with Crippen molar-refractivity contribution in [2.75, 3.05) is 31.5 Å². The molecule has 2 saturated carbocycles. The Morgan fingerprint density at radius 2 is 2.12 bits per heavy atom. The summed E-state index contributed by atoms with van der Waals surface area (Å²) in [6.45, 7) is 5.06. The van der Waals surface area contributed by atoms with Crippen LogP contribution < -0.4 is 5.32 Å². The van der Waals surface area contributed by atoms with Gasteiger partial charge in [0.05, 0.1) is 17.7 Å². The Hall–Kier alpha value is -2.88. The Morgan fingerprint density at radius 1 is 1.26 bits per heavy atom. The highest BCUT2D eigenvalue weighted by molar-refractivity contribution is 5.89. The van der Waals surface area contributed by atoms with Gasteiger partial charge in [0.15, 0.2) is 0 Å². The van der Waals surface area contributed by atoms with E-state index in [2.05, 4.69) is 28.4 Å². The number of amides is 2. The zero-order valence-electron chi connectivity index (χ0n) is 19.9. The number of urea groups is 1. The molecule has 1 heterocycles. The summed E-state index contributed by atoms with van der Waals surface area (Å²) in [5.41, 5.74) is 4.15. The van der Waals surface area contributed by atoms with E-state index in [0.717, 1.165) is 62.0 Å². The number of aryl methyl sites for hydroxylation is 1. The molecule has 0 bridgehead atoms. The molecule has 3 fully saturated rings. The molecular formula is C28H34N4O2. The van der Waals surface area contributed by atoms with Crippen LogP contribution in [0.15, 0.2) is 48.5 Å². The summed E-state index contributed by atoms with van der Waals surface area (Å²) in [6.07, 6.45) is 4.72. The number of nitriles is 1. The monoisotopic (exact) mass is 458 g/mol. The van der Waals surface area contributed by atoms with Crippen LogP contribution in [-0.2, 0) is 5.41 Å². The largest absolute Gasteiger partial charge is 0.392 e. The highest BCUT2D eigenvalue weighted by atomic mass is 16.3. The van der Waals surface area contributed by atoms with Crippen molar-refractivity contribution in [3.8, 4) is 6.07 Å². The number of fused-ring (bicyclic) bond motifs is 1. The summed E-state index contributed by atoms with van der Waals surface area (Å²) in [7, 11) is 0. The third-order valence-electron chi connectivity index (χ3n) is 8.15. The van der Waals surface area contributed by atoms with E-state index in [1.807, 2.05) is 48.2 Å². The number of nitrogens with zero attached hydrogens (tertiary/aromatic N) is 3. The molecule has 4 atom stereocenters. The quantitative estimate of drug-likeness (QED) is 0.677. The number of nitrogens with one attached hydrogen (secondary N) is 1. The van der Waals surface area contributed by atoms with Crippen molar-refractivity contribution in [2.45, 2.75) is 56.6 Å². The number of aliphatic hydroxyl groups excluding tert-OH is 1. The number of β-amino-alcohol motifs (C(OH)–C–C–N with tert-alkyl or cyclic N) is 1. The lowest BCUT2D eigenvalue weighted by atomic mass is 9.80. The first-order valence-electron chi connectivity index (χ1n) is 12.5. The van der Waals surface area contributed by atoms with Gasteiger partial charge >= 0.3 is 6.03 Å². The van der Waals surface area contributed by atoms with Crippen molar-refractivity contribution >= 4 is 11.7 Å². The lowest BCUT2D eigenvalue weighted by Crippen LogP contribution is -2.48. The van der Waals surface area contributed by atoms with Gasteiger partial charge in [-0.25, -0.2) is 4.79 Å². The summed E-state index contributed by atoms with van der Waals surface area (Å²) in [4.78, 5) is 17.8. The van der Waals surface area contributed by atoms with Crippen molar-refractivity contribution < 1.29 is 9.90 Å². The molecular weight excluding hydrogens is 424 g/mol. The molecule has 34 heavy (non-hydrogen) atoms. The second-order valence-electron chi connectivity index (χ2n) is 10.4. The average Bonchev–Trinajstić information content (AvgIpc) is 3.44. The first kappa shape index (κ1) is 22.9. The molecule has 2 aliphatic carbocycles. The molecule has 2 N–H and O–H groups in total. The Bertz CT molecular complexity index is 1100. The van der Waals surface area contributed by atoms with Crippen molar-refractivity contribution in [2.24, 2.45) is 5.92 Å². The van der Waals surface area contributed by atoms with E-state index in [4.69, 9.17) is 0 Å². The van der Waals surface area contributed by atoms with Gasteiger partial charge in [0.2, 0.25) is 0 Å². The number of aliphatic hydroxyl groups is 1. The van der Waals surface area contributed by atoms with Gasteiger partial charge in [-0.1, -0.05) is 24.3 Å². The summed E-state index contributed by atoms with van der Waals surface area (Å²) in [6, 6.07) is 18.5. The van der Waals surface area contributed by atoms with Crippen LogP contribution >= 0.6 is 0 Å². The van der Waals surface area contributed by atoms with Crippen LogP contribution in [0.4, 0.5) is 10.5 Å². The maximum Gasteiger partial charge on any atom is 0.322 e. The minimum absolute atomic E-state index is 0.0324. The fourth-order valence-corrected chi connectivity index (χ4v) is 6.18. The molecule has 2 aromatic rings. The first-order valence-corrected chi connectivity index (χ1v) is 12.5. The highest BCUT2D eigenvalue weighted by Gasteiger charge is 2.58. The summed E-state index contributed by atoms with van der Waals surface area (Å²) in [5.74, 6) is 0.558. The minimum Gasteiger partial charge on any atom is -0.392 e. The smallest absolute Gasteiger partial charge is 0.322 e. The fourth-order valence-electron chi connectivity index (χ4n) is 6.18. The standard InChI is InChI=1S/C28H34N4O2/c1-20-4-2-7-24(14-20)30-27(34)32(13-12-31-11-9-26(33)19-31)25-8-10-28(17-23(28)16-25)22-6-3-5-21(15-22)18-29/h2-7,14-15,23,25-26,33H,8-13,16-17,19H2,1H3,(H,30,34)/t23?,25?,26-,28-/m1/s1. The SMILES string of the molecule is Cc1cccc(NC(=O)N(CCN2CC[C@@H](O)C2)C2CC[C@]3(c4cccc(C#N)c4)CC3C2)c1. The Labute approximate surface area is 202 Å². The number of anilines is 1.